The molecule has 1 aliphatic rings. The zero-order valence-corrected chi connectivity index (χ0v) is 9.14. The summed E-state index contributed by atoms with van der Waals surface area (Å²) in [5, 5.41) is 2.78. The van der Waals surface area contributed by atoms with Crippen molar-refractivity contribution in [3.63, 3.8) is 0 Å². The maximum Gasteiger partial charge on any atom is 0.244 e. The van der Waals surface area contributed by atoms with Crippen molar-refractivity contribution in [2.45, 2.75) is 12.5 Å². The van der Waals surface area contributed by atoms with Crippen LogP contribution >= 0.6 is 0 Å². The summed E-state index contributed by atoms with van der Waals surface area (Å²) < 4.78 is 39.2. The second kappa shape index (κ2) is 4.37. The first kappa shape index (κ1) is 11.9. The predicted octanol–water partition coefficient (Wildman–Crippen LogP) is 1.43. The van der Waals surface area contributed by atoms with E-state index >= 15 is 0 Å². The van der Waals surface area contributed by atoms with Crippen molar-refractivity contribution in [3.05, 3.63) is 29.6 Å². The number of halogens is 3. The van der Waals surface area contributed by atoms with E-state index in [0.717, 1.165) is 4.90 Å². The van der Waals surface area contributed by atoms with E-state index in [1.54, 1.807) is 7.05 Å². The van der Waals surface area contributed by atoms with Gasteiger partial charge in [-0.15, -0.1) is 0 Å². The minimum atomic E-state index is -1.26. The number of benzene rings is 1. The number of rotatable bonds is 2. The fourth-order valence-electron chi connectivity index (χ4n) is 1.91. The van der Waals surface area contributed by atoms with Gasteiger partial charge in [-0.1, -0.05) is 0 Å². The van der Waals surface area contributed by atoms with Crippen LogP contribution in [-0.2, 0) is 4.79 Å². The fraction of sp³-hybridized carbons (Fsp3) is 0.364. The number of hydrogen-bond acceptors (Lipinski definition) is 2. The van der Waals surface area contributed by atoms with Gasteiger partial charge in [0.15, 0.2) is 11.6 Å². The third-order valence-corrected chi connectivity index (χ3v) is 2.83. The summed E-state index contributed by atoms with van der Waals surface area (Å²) in [6.45, 7) is 0.284. The normalized spacial score (nSPS) is 20.1. The van der Waals surface area contributed by atoms with E-state index in [1.165, 1.54) is 0 Å². The highest BCUT2D eigenvalue weighted by Crippen LogP contribution is 2.26. The number of nitrogens with one attached hydrogen (secondary N) is 1. The molecule has 6 heteroatoms. The highest BCUT2D eigenvalue weighted by molar-refractivity contribution is 5.99. The second-order valence-corrected chi connectivity index (χ2v) is 3.84. The molecule has 1 unspecified atom stereocenters. The molecule has 1 aliphatic heterocycles. The smallest absolute Gasteiger partial charge is 0.244 e. The van der Waals surface area contributed by atoms with Crippen molar-refractivity contribution in [2.24, 2.45) is 0 Å². The van der Waals surface area contributed by atoms with Crippen LogP contribution in [0.3, 0.4) is 0 Å². The second-order valence-electron chi connectivity index (χ2n) is 3.84. The Labute approximate surface area is 96.2 Å². The molecular formula is C11H11F3N2O. The fourth-order valence-corrected chi connectivity index (χ4v) is 1.91. The van der Waals surface area contributed by atoms with Gasteiger partial charge in [-0.05, 0) is 13.5 Å². The summed E-state index contributed by atoms with van der Waals surface area (Å²) in [4.78, 5) is 12.9. The van der Waals surface area contributed by atoms with Crippen LogP contribution in [0.2, 0.25) is 0 Å². The van der Waals surface area contributed by atoms with Gasteiger partial charge in [0.05, 0.1) is 11.7 Å². The maximum absolute atomic E-state index is 13.5. The highest BCUT2D eigenvalue weighted by atomic mass is 19.2. The summed E-state index contributed by atoms with van der Waals surface area (Å²) >= 11 is 0. The number of carbonyl (C=O) groups is 1. The highest BCUT2D eigenvalue weighted by Gasteiger charge is 2.33. The molecular weight excluding hydrogens is 233 g/mol. The topological polar surface area (TPSA) is 32.3 Å². The molecule has 1 aromatic carbocycles. The molecule has 1 aromatic rings. The quantitative estimate of drug-likeness (QED) is 0.798. The number of amides is 1. The Balaban J connectivity index is 2.36. The van der Waals surface area contributed by atoms with Gasteiger partial charge in [-0.3, -0.25) is 4.79 Å². The first-order chi connectivity index (χ1) is 8.04. The van der Waals surface area contributed by atoms with E-state index < -0.39 is 23.5 Å². The molecule has 0 aliphatic carbocycles. The minimum Gasteiger partial charge on any atom is -0.309 e. The zero-order valence-electron chi connectivity index (χ0n) is 9.14. The molecule has 0 radical (unpaired) electrons. The van der Waals surface area contributed by atoms with E-state index in [2.05, 4.69) is 5.32 Å². The summed E-state index contributed by atoms with van der Waals surface area (Å²) in [6, 6.07) is 0.758. The Kier molecular flexibility index (Phi) is 3.06. The first-order valence-corrected chi connectivity index (χ1v) is 5.17. The molecule has 2 rings (SSSR count). The standard InChI is InChI=1S/C11H11F3N2O/c1-15-9-2-3-16(11(9)17)10-5-7(13)6(12)4-8(10)14/h4-5,9,15H,2-3H2,1H3. The molecule has 17 heavy (non-hydrogen) atoms. The molecule has 1 atom stereocenters. The number of likely N-dealkylation sites (N-methyl/N-ethyl adjacent to an activating group) is 1. The Morgan fingerprint density at radius 1 is 1.24 bits per heavy atom. The lowest BCUT2D eigenvalue weighted by Crippen LogP contribution is -2.36. The Hall–Kier alpha value is -1.56. The van der Waals surface area contributed by atoms with Crippen LogP contribution in [0.1, 0.15) is 6.42 Å². The minimum absolute atomic E-state index is 0.216. The maximum atomic E-state index is 13.5. The number of anilines is 1. The van der Waals surface area contributed by atoms with E-state index in [4.69, 9.17) is 0 Å². The van der Waals surface area contributed by atoms with Crippen LogP contribution in [-0.4, -0.2) is 25.5 Å². The zero-order chi connectivity index (χ0) is 12.6. The largest absolute Gasteiger partial charge is 0.309 e. The lowest BCUT2D eigenvalue weighted by atomic mass is 10.2. The van der Waals surface area contributed by atoms with Gasteiger partial charge in [0.2, 0.25) is 5.91 Å². The van der Waals surface area contributed by atoms with E-state index in [1.807, 2.05) is 0 Å². The van der Waals surface area contributed by atoms with Gasteiger partial charge in [-0.25, -0.2) is 13.2 Å². The summed E-state index contributed by atoms with van der Waals surface area (Å²) in [5.74, 6) is -3.70. The first-order valence-electron chi connectivity index (χ1n) is 5.17. The lowest BCUT2D eigenvalue weighted by Gasteiger charge is -2.17. The molecule has 0 saturated carbocycles. The SMILES string of the molecule is CNC1CCN(c2cc(F)c(F)cc2F)C1=O. The van der Waals surface area contributed by atoms with E-state index in [9.17, 15) is 18.0 Å². The van der Waals surface area contributed by atoms with Gasteiger partial charge >= 0.3 is 0 Å². The number of nitrogens with zero attached hydrogens (tertiary/aromatic N) is 1. The Bertz CT molecular complexity index is 464. The number of carbonyl (C=O) groups excluding carboxylic acids is 1. The van der Waals surface area contributed by atoms with Gasteiger partial charge in [0.25, 0.3) is 0 Å². The predicted molar refractivity (Wildman–Crippen MR) is 56.1 cm³/mol. The molecule has 1 fully saturated rings. The summed E-state index contributed by atoms with van der Waals surface area (Å²) in [6.07, 6.45) is 0.508. The molecule has 1 amide bonds. The summed E-state index contributed by atoms with van der Waals surface area (Å²) in [7, 11) is 1.62. The van der Waals surface area contributed by atoms with Gasteiger partial charge in [-0.2, -0.15) is 0 Å². The molecule has 3 nitrogen and oxygen atoms in total. The van der Waals surface area contributed by atoms with Gasteiger partial charge < -0.3 is 10.2 Å². The summed E-state index contributed by atoms with van der Waals surface area (Å²) in [5.41, 5.74) is -0.216. The number of hydrogen-bond donors (Lipinski definition) is 1. The van der Waals surface area contributed by atoms with Crippen LogP contribution < -0.4 is 10.2 Å². The van der Waals surface area contributed by atoms with E-state index in [0.29, 0.717) is 18.6 Å². The van der Waals surface area contributed by atoms with Crippen molar-refractivity contribution < 1.29 is 18.0 Å². The molecule has 1 saturated heterocycles. The molecule has 0 bridgehead atoms. The molecule has 1 heterocycles. The van der Waals surface area contributed by atoms with Crippen LogP contribution in [0, 0.1) is 17.5 Å². The lowest BCUT2D eigenvalue weighted by molar-refractivity contribution is -0.118. The van der Waals surface area contributed by atoms with Crippen molar-refractivity contribution in [1.82, 2.24) is 5.32 Å². The van der Waals surface area contributed by atoms with Crippen molar-refractivity contribution >= 4 is 11.6 Å². The third kappa shape index (κ3) is 2.00. The molecule has 1 N–H and O–H groups in total. The van der Waals surface area contributed by atoms with Crippen LogP contribution in [0.4, 0.5) is 18.9 Å². The third-order valence-electron chi connectivity index (χ3n) is 2.83. The Morgan fingerprint density at radius 3 is 2.47 bits per heavy atom. The van der Waals surface area contributed by atoms with Crippen molar-refractivity contribution in [1.29, 1.82) is 0 Å². The average molecular weight is 244 g/mol. The van der Waals surface area contributed by atoms with Crippen molar-refractivity contribution in [2.75, 3.05) is 18.5 Å². The van der Waals surface area contributed by atoms with Crippen LogP contribution in [0.15, 0.2) is 12.1 Å². The van der Waals surface area contributed by atoms with Crippen molar-refractivity contribution in [3.8, 4) is 0 Å². The Morgan fingerprint density at radius 2 is 1.88 bits per heavy atom. The van der Waals surface area contributed by atoms with Crippen LogP contribution in [0.25, 0.3) is 0 Å². The van der Waals surface area contributed by atoms with E-state index in [-0.39, 0.29) is 18.1 Å². The molecule has 0 aromatic heterocycles. The average Bonchev–Trinajstić information content (AvgIpc) is 2.65. The monoisotopic (exact) mass is 244 g/mol. The van der Waals surface area contributed by atoms with Crippen LogP contribution in [0.5, 0.6) is 0 Å². The molecule has 0 spiro atoms. The van der Waals surface area contributed by atoms with Gasteiger partial charge in [0.1, 0.15) is 5.82 Å². The van der Waals surface area contributed by atoms with Gasteiger partial charge in [0, 0.05) is 18.7 Å². The molecule has 92 valence electrons.